The number of aliphatic hydroxyl groups is 1. The average molecular weight is 183 g/mol. The van der Waals surface area contributed by atoms with Crippen LogP contribution in [-0.2, 0) is 0 Å². The minimum atomic E-state index is -0.0473. The van der Waals surface area contributed by atoms with Crippen molar-refractivity contribution < 1.29 is 5.11 Å². The summed E-state index contributed by atoms with van der Waals surface area (Å²) in [5, 5.41) is 9.78. The lowest BCUT2D eigenvalue weighted by Crippen LogP contribution is -2.39. The highest BCUT2D eigenvalue weighted by Gasteiger charge is 2.37. The summed E-state index contributed by atoms with van der Waals surface area (Å²) >= 11 is 0. The molecule has 2 rings (SSSR count). The van der Waals surface area contributed by atoms with Crippen molar-refractivity contribution in [1.82, 2.24) is 4.90 Å². The molecule has 1 saturated carbocycles. The first kappa shape index (κ1) is 9.47. The van der Waals surface area contributed by atoms with Crippen LogP contribution in [0.25, 0.3) is 0 Å². The van der Waals surface area contributed by atoms with Gasteiger partial charge in [-0.1, -0.05) is 13.8 Å². The van der Waals surface area contributed by atoms with E-state index in [0.717, 1.165) is 6.42 Å². The van der Waals surface area contributed by atoms with Crippen molar-refractivity contribution >= 4 is 0 Å². The lowest BCUT2D eigenvalue weighted by atomic mass is 9.93. The lowest BCUT2D eigenvalue weighted by molar-refractivity contribution is 0.0797. The first-order valence-corrected chi connectivity index (χ1v) is 5.51. The van der Waals surface area contributed by atoms with E-state index >= 15 is 0 Å². The van der Waals surface area contributed by atoms with Crippen LogP contribution in [0.3, 0.4) is 0 Å². The Hall–Kier alpha value is -0.0800. The fourth-order valence-electron chi connectivity index (χ4n) is 2.78. The third kappa shape index (κ3) is 1.89. The summed E-state index contributed by atoms with van der Waals surface area (Å²) in [7, 11) is 0. The molecule has 1 aliphatic carbocycles. The molecule has 0 aromatic rings. The minimum Gasteiger partial charge on any atom is -0.391 e. The van der Waals surface area contributed by atoms with Crippen molar-refractivity contribution in [3.05, 3.63) is 0 Å². The molecule has 0 spiro atoms. The van der Waals surface area contributed by atoms with Crippen LogP contribution in [0.4, 0.5) is 0 Å². The molecule has 2 aliphatic rings. The monoisotopic (exact) mass is 183 g/mol. The van der Waals surface area contributed by atoms with Gasteiger partial charge >= 0.3 is 0 Å². The molecule has 2 nitrogen and oxygen atoms in total. The molecule has 13 heavy (non-hydrogen) atoms. The van der Waals surface area contributed by atoms with E-state index in [9.17, 15) is 5.11 Å². The van der Waals surface area contributed by atoms with E-state index < -0.39 is 0 Å². The molecule has 1 aliphatic heterocycles. The Morgan fingerprint density at radius 3 is 2.54 bits per heavy atom. The molecule has 76 valence electrons. The zero-order valence-corrected chi connectivity index (χ0v) is 8.79. The second-order valence-electron chi connectivity index (χ2n) is 5.45. The third-order valence-electron chi connectivity index (χ3n) is 3.62. The van der Waals surface area contributed by atoms with Crippen LogP contribution in [0, 0.1) is 5.41 Å². The number of rotatable bonds is 1. The average Bonchev–Trinajstić information content (AvgIpc) is 2.56. The zero-order chi connectivity index (χ0) is 9.47. The van der Waals surface area contributed by atoms with Gasteiger partial charge in [-0.05, 0) is 37.6 Å². The summed E-state index contributed by atoms with van der Waals surface area (Å²) < 4.78 is 0. The molecule has 0 aromatic heterocycles. The van der Waals surface area contributed by atoms with Gasteiger partial charge in [0.05, 0.1) is 6.10 Å². The molecule has 0 amide bonds. The number of likely N-dealkylation sites (tertiary alicyclic amines) is 1. The van der Waals surface area contributed by atoms with Gasteiger partial charge in [0.1, 0.15) is 0 Å². The highest BCUT2D eigenvalue weighted by atomic mass is 16.3. The molecule has 2 fully saturated rings. The Balaban J connectivity index is 1.95. The topological polar surface area (TPSA) is 23.5 Å². The lowest BCUT2D eigenvalue weighted by Gasteiger charge is -2.28. The molecule has 1 heterocycles. The Bertz CT molecular complexity index is 191. The summed E-state index contributed by atoms with van der Waals surface area (Å²) in [4.78, 5) is 2.50. The molecule has 0 aromatic carbocycles. The SMILES string of the molecule is CC1(C)CCN(C2CCCC2O)C1. The van der Waals surface area contributed by atoms with Crippen LogP contribution in [0.5, 0.6) is 0 Å². The van der Waals surface area contributed by atoms with Gasteiger partial charge in [0.25, 0.3) is 0 Å². The first-order valence-electron chi connectivity index (χ1n) is 5.51. The van der Waals surface area contributed by atoms with Crippen LogP contribution < -0.4 is 0 Å². The number of hydrogen-bond acceptors (Lipinski definition) is 2. The number of hydrogen-bond donors (Lipinski definition) is 1. The smallest absolute Gasteiger partial charge is 0.0695 e. The maximum atomic E-state index is 9.78. The molecule has 0 bridgehead atoms. The maximum absolute atomic E-state index is 9.78. The summed E-state index contributed by atoms with van der Waals surface area (Å²) in [5.74, 6) is 0. The molecular formula is C11H21NO. The van der Waals surface area contributed by atoms with Crippen molar-refractivity contribution in [1.29, 1.82) is 0 Å². The van der Waals surface area contributed by atoms with Crippen LogP contribution in [-0.4, -0.2) is 35.2 Å². The first-order chi connectivity index (χ1) is 6.08. The van der Waals surface area contributed by atoms with E-state index in [4.69, 9.17) is 0 Å². The van der Waals surface area contributed by atoms with Crippen LogP contribution in [0.1, 0.15) is 39.5 Å². The third-order valence-corrected chi connectivity index (χ3v) is 3.62. The predicted molar refractivity (Wildman–Crippen MR) is 53.6 cm³/mol. The van der Waals surface area contributed by atoms with Crippen molar-refractivity contribution in [3.63, 3.8) is 0 Å². The fourth-order valence-corrected chi connectivity index (χ4v) is 2.78. The standard InChI is InChI=1S/C11H21NO/c1-11(2)6-7-12(8-11)9-4-3-5-10(9)13/h9-10,13H,3-8H2,1-2H3. The van der Waals surface area contributed by atoms with Crippen LogP contribution in [0.15, 0.2) is 0 Å². The summed E-state index contributed by atoms with van der Waals surface area (Å²) in [5.41, 5.74) is 0.475. The van der Waals surface area contributed by atoms with E-state index in [1.165, 1.54) is 32.4 Å². The van der Waals surface area contributed by atoms with Gasteiger partial charge in [-0.3, -0.25) is 4.90 Å². The maximum Gasteiger partial charge on any atom is 0.0695 e. The summed E-state index contributed by atoms with van der Waals surface area (Å²) in [6.45, 7) is 7.02. The van der Waals surface area contributed by atoms with Crippen molar-refractivity contribution in [2.24, 2.45) is 5.41 Å². The summed E-state index contributed by atoms with van der Waals surface area (Å²) in [6, 6.07) is 0.474. The second-order valence-corrected chi connectivity index (χ2v) is 5.45. The fraction of sp³-hybridized carbons (Fsp3) is 1.00. The largest absolute Gasteiger partial charge is 0.391 e. The molecule has 1 N–H and O–H groups in total. The van der Waals surface area contributed by atoms with Gasteiger partial charge in [-0.25, -0.2) is 0 Å². The predicted octanol–water partition coefficient (Wildman–Crippen LogP) is 1.63. The highest BCUT2D eigenvalue weighted by Crippen LogP contribution is 2.34. The molecule has 1 saturated heterocycles. The number of nitrogens with zero attached hydrogens (tertiary/aromatic N) is 1. The van der Waals surface area contributed by atoms with Crippen LogP contribution in [0.2, 0.25) is 0 Å². The minimum absolute atomic E-state index is 0.0473. The number of aliphatic hydroxyl groups excluding tert-OH is 1. The molecule has 2 atom stereocenters. The van der Waals surface area contributed by atoms with Crippen molar-refractivity contribution in [3.8, 4) is 0 Å². The Labute approximate surface area is 80.9 Å². The van der Waals surface area contributed by atoms with E-state index in [1.807, 2.05) is 0 Å². The molecule has 2 heteroatoms. The van der Waals surface area contributed by atoms with Gasteiger partial charge in [0, 0.05) is 12.6 Å². The van der Waals surface area contributed by atoms with Gasteiger partial charge in [-0.2, -0.15) is 0 Å². The van der Waals surface area contributed by atoms with E-state index in [0.29, 0.717) is 11.5 Å². The van der Waals surface area contributed by atoms with Gasteiger partial charge in [0.15, 0.2) is 0 Å². The van der Waals surface area contributed by atoms with Crippen molar-refractivity contribution in [2.75, 3.05) is 13.1 Å². The van der Waals surface area contributed by atoms with Gasteiger partial charge in [-0.15, -0.1) is 0 Å². The Morgan fingerprint density at radius 1 is 1.31 bits per heavy atom. The zero-order valence-electron chi connectivity index (χ0n) is 8.79. The van der Waals surface area contributed by atoms with E-state index in [2.05, 4.69) is 18.7 Å². The summed E-state index contributed by atoms with van der Waals surface area (Å²) in [6.07, 6.45) is 4.67. The second kappa shape index (κ2) is 3.25. The van der Waals surface area contributed by atoms with E-state index in [-0.39, 0.29) is 6.10 Å². The molecular weight excluding hydrogens is 162 g/mol. The van der Waals surface area contributed by atoms with E-state index in [1.54, 1.807) is 0 Å². The Kier molecular flexibility index (Phi) is 2.37. The normalized spacial score (nSPS) is 39.9. The Morgan fingerprint density at radius 2 is 2.08 bits per heavy atom. The van der Waals surface area contributed by atoms with Gasteiger partial charge in [0.2, 0.25) is 0 Å². The quantitative estimate of drug-likeness (QED) is 0.668. The molecule has 2 unspecified atom stereocenters. The van der Waals surface area contributed by atoms with Gasteiger partial charge < -0.3 is 5.11 Å². The highest BCUT2D eigenvalue weighted by molar-refractivity contribution is 4.92. The molecule has 0 radical (unpaired) electrons. The van der Waals surface area contributed by atoms with Crippen molar-refractivity contribution in [2.45, 2.75) is 51.7 Å². The van der Waals surface area contributed by atoms with Crippen LogP contribution >= 0.6 is 0 Å².